The molecule has 1 heterocycles. The fourth-order valence-electron chi connectivity index (χ4n) is 2.35. The molecule has 0 unspecified atom stereocenters. The summed E-state index contributed by atoms with van der Waals surface area (Å²) in [6.45, 7) is 1.70. The predicted octanol–water partition coefficient (Wildman–Crippen LogP) is 3.57. The Morgan fingerprint density at radius 3 is 2.85 bits per heavy atom. The molecule has 102 valence electrons. The lowest BCUT2D eigenvalue weighted by atomic mass is 10.1. The highest BCUT2D eigenvalue weighted by Crippen LogP contribution is 2.21. The number of para-hydroxylation sites is 2. The smallest absolute Gasteiger partial charge is 0.0961 e. The Morgan fingerprint density at radius 1 is 1.20 bits per heavy atom. The van der Waals surface area contributed by atoms with E-state index in [0.717, 1.165) is 23.1 Å². The molecular weight excluding hydrogens is 314 g/mol. The Hall–Kier alpha value is -1.65. The number of halogens is 1. The van der Waals surface area contributed by atoms with E-state index in [-0.39, 0.29) is 0 Å². The first-order chi connectivity index (χ1) is 9.78. The molecule has 0 amide bonds. The molecule has 0 fully saturated rings. The van der Waals surface area contributed by atoms with Crippen LogP contribution < -0.4 is 5.32 Å². The van der Waals surface area contributed by atoms with Gasteiger partial charge in [-0.1, -0.05) is 40.2 Å². The van der Waals surface area contributed by atoms with E-state index in [4.69, 9.17) is 0 Å². The van der Waals surface area contributed by atoms with E-state index in [1.807, 2.05) is 31.6 Å². The van der Waals surface area contributed by atoms with E-state index in [2.05, 4.69) is 55.1 Å². The Kier molecular flexibility index (Phi) is 3.85. The van der Waals surface area contributed by atoms with E-state index in [0.29, 0.717) is 0 Å². The van der Waals surface area contributed by atoms with Crippen LogP contribution in [0.1, 0.15) is 11.1 Å². The van der Waals surface area contributed by atoms with Gasteiger partial charge in [-0.05, 0) is 36.4 Å². The van der Waals surface area contributed by atoms with Gasteiger partial charge in [0.15, 0.2) is 0 Å². The summed E-state index contributed by atoms with van der Waals surface area (Å²) in [7, 11) is 1.96. The number of imidazole rings is 1. The second kappa shape index (κ2) is 5.77. The lowest BCUT2D eigenvalue weighted by molar-refractivity contribution is 0.804. The number of hydrogen-bond donors (Lipinski definition) is 1. The van der Waals surface area contributed by atoms with Gasteiger partial charge in [0.05, 0.1) is 23.9 Å². The van der Waals surface area contributed by atoms with Crippen LogP contribution in [0.15, 0.2) is 53.3 Å². The first kappa shape index (κ1) is 13.3. The van der Waals surface area contributed by atoms with Gasteiger partial charge in [0, 0.05) is 11.0 Å². The van der Waals surface area contributed by atoms with Crippen molar-refractivity contribution in [2.75, 3.05) is 7.05 Å². The van der Waals surface area contributed by atoms with E-state index in [1.165, 1.54) is 16.6 Å². The second-order valence-electron chi connectivity index (χ2n) is 4.82. The first-order valence-corrected chi connectivity index (χ1v) is 7.39. The number of nitrogens with one attached hydrogen (secondary N) is 1. The maximum atomic E-state index is 4.43. The summed E-state index contributed by atoms with van der Waals surface area (Å²) >= 11 is 3.67. The van der Waals surface area contributed by atoms with Gasteiger partial charge < -0.3 is 9.88 Å². The number of nitrogens with zero attached hydrogens (tertiary/aromatic N) is 2. The van der Waals surface area contributed by atoms with Crippen molar-refractivity contribution in [3.63, 3.8) is 0 Å². The quantitative estimate of drug-likeness (QED) is 0.793. The van der Waals surface area contributed by atoms with Crippen molar-refractivity contribution in [3.05, 3.63) is 64.4 Å². The van der Waals surface area contributed by atoms with Crippen molar-refractivity contribution in [2.24, 2.45) is 0 Å². The Balaban J connectivity index is 1.91. The van der Waals surface area contributed by atoms with Crippen LogP contribution in [0.3, 0.4) is 0 Å². The molecule has 0 saturated heterocycles. The first-order valence-electron chi connectivity index (χ1n) is 6.59. The zero-order chi connectivity index (χ0) is 13.9. The molecule has 3 nitrogen and oxygen atoms in total. The Bertz CT molecular complexity index is 733. The van der Waals surface area contributed by atoms with E-state index in [9.17, 15) is 0 Å². The summed E-state index contributed by atoms with van der Waals surface area (Å²) in [5.74, 6) is 0. The molecule has 0 atom stereocenters. The third-order valence-corrected chi connectivity index (χ3v) is 4.10. The molecule has 0 bridgehead atoms. The van der Waals surface area contributed by atoms with Gasteiger partial charge in [0.1, 0.15) is 0 Å². The maximum Gasteiger partial charge on any atom is 0.0961 e. The van der Waals surface area contributed by atoms with Crippen LogP contribution in [0.2, 0.25) is 0 Å². The van der Waals surface area contributed by atoms with Crippen molar-refractivity contribution in [1.29, 1.82) is 0 Å². The zero-order valence-electron chi connectivity index (χ0n) is 11.3. The maximum absolute atomic E-state index is 4.43. The zero-order valence-corrected chi connectivity index (χ0v) is 12.9. The van der Waals surface area contributed by atoms with Crippen LogP contribution in [-0.4, -0.2) is 16.6 Å². The Morgan fingerprint density at radius 2 is 2.05 bits per heavy atom. The number of fused-ring (bicyclic) bond motifs is 1. The van der Waals surface area contributed by atoms with Crippen LogP contribution in [0.5, 0.6) is 0 Å². The highest BCUT2D eigenvalue weighted by molar-refractivity contribution is 9.10. The predicted molar refractivity (Wildman–Crippen MR) is 85.7 cm³/mol. The lowest BCUT2D eigenvalue weighted by Gasteiger charge is -2.09. The van der Waals surface area contributed by atoms with Crippen LogP contribution in [0, 0.1) is 0 Å². The summed E-state index contributed by atoms with van der Waals surface area (Å²) in [6.07, 6.45) is 1.90. The van der Waals surface area contributed by atoms with Crippen molar-refractivity contribution < 1.29 is 0 Å². The van der Waals surface area contributed by atoms with E-state index < -0.39 is 0 Å². The average molecular weight is 330 g/mol. The van der Waals surface area contributed by atoms with E-state index in [1.54, 1.807) is 0 Å². The van der Waals surface area contributed by atoms with Crippen LogP contribution in [0.25, 0.3) is 11.0 Å². The summed E-state index contributed by atoms with van der Waals surface area (Å²) in [4.78, 5) is 4.43. The standard InChI is InChI=1S/C16H16BrN3/c1-18-9-12-6-7-13(14(17)8-12)10-20-11-19-15-4-2-3-5-16(15)20/h2-8,11,18H,9-10H2,1H3. The molecule has 1 N–H and O–H groups in total. The number of aromatic nitrogens is 2. The minimum atomic E-state index is 0.820. The van der Waals surface area contributed by atoms with Gasteiger partial charge >= 0.3 is 0 Å². The fourth-order valence-corrected chi connectivity index (χ4v) is 2.90. The summed E-state index contributed by atoms with van der Waals surface area (Å²) < 4.78 is 3.32. The molecule has 3 rings (SSSR count). The average Bonchev–Trinajstić information content (AvgIpc) is 2.86. The summed E-state index contributed by atoms with van der Waals surface area (Å²) in [5.41, 5.74) is 4.74. The topological polar surface area (TPSA) is 29.9 Å². The number of rotatable bonds is 4. The van der Waals surface area contributed by atoms with Gasteiger partial charge in [0.2, 0.25) is 0 Å². The fraction of sp³-hybridized carbons (Fsp3) is 0.188. The molecule has 4 heteroatoms. The molecule has 0 aliphatic heterocycles. The molecule has 0 aliphatic rings. The molecule has 0 aliphatic carbocycles. The summed E-state index contributed by atoms with van der Waals surface area (Å²) in [5, 5.41) is 3.16. The monoisotopic (exact) mass is 329 g/mol. The highest BCUT2D eigenvalue weighted by atomic mass is 79.9. The van der Waals surface area contributed by atoms with Crippen LogP contribution in [-0.2, 0) is 13.1 Å². The lowest BCUT2D eigenvalue weighted by Crippen LogP contribution is -2.06. The molecule has 0 saturated carbocycles. The second-order valence-corrected chi connectivity index (χ2v) is 5.67. The highest BCUT2D eigenvalue weighted by Gasteiger charge is 2.06. The molecule has 0 radical (unpaired) electrons. The third kappa shape index (κ3) is 2.62. The van der Waals surface area contributed by atoms with E-state index >= 15 is 0 Å². The van der Waals surface area contributed by atoms with Crippen molar-refractivity contribution >= 4 is 27.0 Å². The van der Waals surface area contributed by atoms with Gasteiger partial charge in [-0.15, -0.1) is 0 Å². The number of hydrogen-bond acceptors (Lipinski definition) is 2. The molecule has 3 aromatic rings. The van der Waals surface area contributed by atoms with Gasteiger partial charge in [0.25, 0.3) is 0 Å². The van der Waals surface area contributed by atoms with Crippen molar-refractivity contribution in [3.8, 4) is 0 Å². The largest absolute Gasteiger partial charge is 0.326 e. The van der Waals surface area contributed by atoms with Crippen LogP contribution >= 0.6 is 15.9 Å². The van der Waals surface area contributed by atoms with Gasteiger partial charge in [-0.25, -0.2) is 4.98 Å². The third-order valence-electron chi connectivity index (χ3n) is 3.37. The van der Waals surface area contributed by atoms with Crippen LogP contribution in [0.4, 0.5) is 0 Å². The molecule has 20 heavy (non-hydrogen) atoms. The minimum absolute atomic E-state index is 0.820. The minimum Gasteiger partial charge on any atom is -0.326 e. The SMILES string of the molecule is CNCc1ccc(Cn2cnc3ccccc32)c(Br)c1. The van der Waals surface area contributed by atoms with Gasteiger partial charge in [-0.3, -0.25) is 0 Å². The number of benzene rings is 2. The normalized spacial score (nSPS) is 11.1. The van der Waals surface area contributed by atoms with Crippen molar-refractivity contribution in [1.82, 2.24) is 14.9 Å². The molecule has 0 spiro atoms. The van der Waals surface area contributed by atoms with Gasteiger partial charge in [-0.2, -0.15) is 0 Å². The summed E-state index contributed by atoms with van der Waals surface area (Å²) in [6, 6.07) is 14.7. The molecule has 1 aromatic heterocycles. The molecular formula is C16H16BrN3. The Labute approximate surface area is 126 Å². The van der Waals surface area contributed by atoms with Crippen molar-refractivity contribution in [2.45, 2.75) is 13.1 Å². The molecule has 2 aromatic carbocycles.